The minimum Gasteiger partial charge on any atom is -0.337 e. The van der Waals surface area contributed by atoms with Gasteiger partial charge in [0.25, 0.3) is 5.91 Å². The molecule has 0 N–H and O–H groups in total. The van der Waals surface area contributed by atoms with Crippen LogP contribution < -0.4 is 0 Å². The molecule has 2 aliphatic rings. The molecule has 0 unspecified atom stereocenters. The summed E-state index contributed by atoms with van der Waals surface area (Å²) in [4.78, 5) is 30.2. The minimum absolute atomic E-state index is 0.0515. The van der Waals surface area contributed by atoms with Crippen molar-refractivity contribution in [3.63, 3.8) is 0 Å². The second-order valence-corrected chi connectivity index (χ2v) is 5.65. The van der Waals surface area contributed by atoms with Gasteiger partial charge in [0.1, 0.15) is 5.70 Å². The molecular weight excluding hydrogens is 276 g/mol. The summed E-state index contributed by atoms with van der Waals surface area (Å²) in [5.74, 6) is 0.00634. The van der Waals surface area contributed by atoms with Crippen molar-refractivity contribution in [2.24, 2.45) is 4.99 Å². The highest BCUT2D eigenvalue weighted by Crippen LogP contribution is 2.30. The lowest BCUT2D eigenvalue weighted by atomic mass is 9.97. The van der Waals surface area contributed by atoms with Gasteiger partial charge in [0.15, 0.2) is 0 Å². The third kappa shape index (κ3) is 1.80. The van der Waals surface area contributed by atoms with Gasteiger partial charge in [0.05, 0.1) is 0 Å². The summed E-state index contributed by atoms with van der Waals surface area (Å²) in [6.45, 7) is 0.619. The lowest BCUT2D eigenvalue weighted by Gasteiger charge is -2.07. The molecule has 0 fully saturated rings. The Morgan fingerprint density at radius 3 is 2.86 bits per heavy atom. The highest BCUT2D eigenvalue weighted by Gasteiger charge is 2.26. The van der Waals surface area contributed by atoms with Crippen LogP contribution in [0.4, 0.5) is 0 Å². The van der Waals surface area contributed by atoms with E-state index in [0.717, 1.165) is 28.3 Å². The Labute approximate surface area is 127 Å². The molecule has 2 aromatic rings. The zero-order chi connectivity index (χ0) is 15.3. The predicted octanol–water partition coefficient (Wildman–Crippen LogP) is 2.97. The zero-order valence-corrected chi connectivity index (χ0v) is 12.2. The first-order valence-corrected chi connectivity index (χ1v) is 7.23. The minimum atomic E-state index is -0.0515. The van der Waals surface area contributed by atoms with Gasteiger partial charge in [-0.2, -0.15) is 0 Å². The zero-order valence-electron chi connectivity index (χ0n) is 12.2. The highest BCUT2D eigenvalue weighted by atomic mass is 16.2. The van der Waals surface area contributed by atoms with E-state index < -0.39 is 0 Å². The van der Waals surface area contributed by atoms with Crippen LogP contribution in [0.2, 0.25) is 0 Å². The van der Waals surface area contributed by atoms with Gasteiger partial charge in [-0.15, -0.1) is 0 Å². The number of carbonyl (C=O) groups excluding carboxylic acids is 2. The van der Waals surface area contributed by atoms with E-state index in [4.69, 9.17) is 0 Å². The summed E-state index contributed by atoms with van der Waals surface area (Å²) in [6.07, 6.45) is 4.29. The van der Waals surface area contributed by atoms with Gasteiger partial charge in [0, 0.05) is 37.4 Å². The van der Waals surface area contributed by atoms with Gasteiger partial charge in [-0.3, -0.25) is 14.6 Å². The van der Waals surface area contributed by atoms with Crippen LogP contribution >= 0.6 is 0 Å². The van der Waals surface area contributed by atoms with Crippen molar-refractivity contribution in [2.45, 2.75) is 13.0 Å². The van der Waals surface area contributed by atoms with Crippen molar-refractivity contribution in [2.75, 3.05) is 7.05 Å². The third-order valence-electron chi connectivity index (χ3n) is 4.25. The maximum Gasteiger partial charge on any atom is 0.254 e. The van der Waals surface area contributed by atoms with Crippen molar-refractivity contribution >= 4 is 28.7 Å². The average molecular weight is 290 g/mol. The van der Waals surface area contributed by atoms with Crippen LogP contribution in [0.1, 0.15) is 32.7 Å². The summed E-state index contributed by atoms with van der Waals surface area (Å²) in [5, 5.41) is 2.02. The normalized spacial score (nSPS) is 16.3. The molecule has 4 rings (SSSR count). The maximum atomic E-state index is 12.4. The Hall–Kier alpha value is -2.75. The van der Waals surface area contributed by atoms with Gasteiger partial charge in [0.2, 0.25) is 5.78 Å². The molecule has 2 aliphatic heterocycles. The maximum absolute atomic E-state index is 12.4. The molecule has 108 valence electrons. The third-order valence-corrected chi connectivity index (χ3v) is 4.25. The number of carbonyl (C=O) groups is 2. The SMILES string of the molecule is CN1Cc2c(ccc3cc(C(=O)C4=CCC=N4)ccc23)C1=O. The molecule has 4 heteroatoms. The molecule has 1 amide bonds. The summed E-state index contributed by atoms with van der Waals surface area (Å²) in [7, 11) is 1.80. The summed E-state index contributed by atoms with van der Waals surface area (Å²) >= 11 is 0. The van der Waals surface area contributed by atoms with E-state index in [2.05, 4.69) is 4.99 Å². The number of aliphatic imine (C=N–C) groups is 1. The Morgan fingerprint density at radius 1 is 1.23 bits per heavy atom. The van der Waals surface area contributed by atoms with Gasteiger partial charge in [-0.1, -0.05) is 18.2 Å². The largest absolute Gasteiger partial charge is 0.337 e. The lowest BCUT2D eigenvalue weighted by Crippen LogP contribution is -2.17. The molecule has 0 aliphatic carbocycles. The van der Waals surface area contributed by atoms with Gasteiger partial charge in [-0.25, -0.2) is 0 Å². The number of Topliss-reactive ketones (excluding diaryl/α,β-unsaturated/α-hetero) is 1. The standard InChI is InChI=1S/C18H14N2O2/c1-20-10-15-13-6-5-12(17(21)16-3-2-8-19-16)9-11(13)4-7-14(15)18(20)22/h3-9H,2,10H2,1H3. The number of benzene rings is 2. The predicted molar refractivity (Wildman–Crippen MR) is 85.3 cm³/mol. The molecule has 0 saturated heterocycles. The molecule has 0 saturated carbocycles. The Morgan fingerprint density at radius 2 is 2.09 bits per heavy atom. The van der Waals surface area contributed by atoms with Crippen molar-refractivity contribution in [3.05, 3.63) is 58.8 Å². The molecule has 0 atom stereocenters. The van der Waals surface area contributed by atoms with Crippen LogP contribution in [0.3, 0.4) is 0 Å². The first-order valence-electron chi connectivity index (χ1n) is 7.23. The topological polar surface area (TPSA) is 49.7 Å². The van der Waals surface area contributed by atoms with Gasteiger partial charge < -0.3 is 4.90 Å². The summed E-state index contributed by atoms with van der Waals surface area (Å²) < 4.78 is 0. The van der Waals surface area contributed by atoms with E-state index in [1.54, 1.807) is 18.2 Å². The highest BCUT2D eigenvalue weighted by molar-refractivity contribution is 6.12. The van der Waals surface area contributed by atoms with Crippen molar-refractivity contribution in [1.82, 2.24) is 4.90 Å². The lowest BCUT2D eigenvalue weighted by molar-refractivity contribution is 0.0816. The second kappa shape index (κ2) is 4.63. The average Bonchev–Trinajstić information content (AvgIpc) is 3.16. The number of ketones is 1. The number of fused-ring (bicyclic) bond motifs is 3. The number of hydrogen-bond donors (Lipinski definition) is 0. The molecule has 22 heavy (non-hydrogen) atoms. The van der Waals surface area contributed by atoms with E-state index >= 15 is 0 Å². The van der Waals surface area contributed by atoms with Crippen LogP contribution in [0, 0.1) is 0 Å². The number of amides is 1. The van der Waals surface area contributed by atoms with Crippen LogP contribution in [-0.2, 0) is 6.54 Å². The van der Waals surface area contributed by atoms with Gasteiger partial charge >= 0.3 is 0 Å². The molecule has 2 heterocycles. The van der Waals surface area contributed by atoms with Gasteiger partial charge in [-0.05, 0) is 34.5 Å². The smallest absolute Gasteiger partial charge is 0.254 e. The van der Waals surface area contributed by atoms with Crippen molar-refractivity contribution < 1.29 is 9.59 Å². The van der Waals surface area contributed by atoms with E-state index in [1.807, 2.05) is 36.4 Å². The van der Waals surface area contributed by atoms with E-state index in [-0.39, 0.29) is 11.7 Å². The van der Waals surface area contributed by atoms with E-state index in [0.29, 0.717) is 17.8 Å². The number of rotatable bonds is 2. The molecule has 2 aromatic carbocycles. The first kappa shape index (κ1) is 13.0. The van der Waals surface area contributed by atoms with Crippen LogP contribution in [0.5, 0.6) is 0 Å². The van der Waals surface area contributed by atoms with Crippen molar-refractivity contribution in [1.29, 1.82) is 0 Å². The summed E-state index contributed by atoms with van der Waals surface area (Å²) in [6, 6.07) is 9.41. The summed E-state index contributed by atoms with van der Waals surface area (Å²) in [5.41, 5.74) is 2.95. The quantitative estimate of drug-likeness (QED) is 0.798. The Bertz CT molecular complexity index is 893. The Kier molecular flexibility index (Phi) is 2.73. The fraction of sp³-hybridized carbons (Fsp3) is 0.167. The van der Waals surface area contributed by atoms with Crippen LogP contribution in [0.15, 0.2) is 47.1 Å². The molecule has 0 aromatic heterocycles. The van der Waals surface area contributed by atoms with E-state index in [1.165, 1.54) is 0 Å². The first-order chi connectivity index (χ1) is 10.6. The van der Waals surface area contributed by atoms with Crippen LogP contribution in [-0.4, -0.2) is 29.9 Å². The fourth-order valence-electron chi connectivity index (χ4n) is 3.09. The molecule has 4 nitrogen and oxygen atoms in total. The van der Waals surface area contributed by atoms with Crippen molar-refractivity contribution in [3.8, 4) is 0 Å². The second-order valence-electron chi connectivity index (χ2n) is 5.65. The number of hydrogen-bond acceptors (Lipinski definition) is 3. The monoisotopic (exact) mass is 290 g/mol. The number of nitrogens with zero attached hydrogens (tertiary/aromatic N) is 2. The number of allylic oxidation sites excluding steroid dienone is 2. The molecular formula is C18H14N2O2. The Balaban J connectivity index is 1.82. The van der Waals surface area contributed by atoms with Crippen LogP contribution in [0.25, 0.3) is 10.8 Å². The fourth-order valence-corrected chi connectivity index (χ4v) is 3.09. The molecule has 0 bridgehead atoms. The molecule has 0 radical (unpaired) electrons. The van der Waals surface area contributed by atoms with E-state index in [9.17, 15) is 9.59 Å². The molecule has 0 spiro atoms.